The van der Waals surface area contributed by atoms with Gasteiger partial charge in [0.05, 0.1) is 12.0 Å². The van der Waals surface area contributed by atoms with Gasteiger partial charge in [-0.15, -0.1) is 0 Å². The SMILES string of the molecule is CC(=O)Nc1cc(Cl)c(C(C#N)c2ccc(Cl)cc2)cc1C. The molecule has 2 aromatic rings. The molecule has 0 aliphatic carbocycles. The molecule has 5 heteroatoms. The predicted molar refractivity (Wildman–Crippen MR) is 89.4 cm³/mol. The summed E-state index contributed by atoms with van der Waals surface area (Å²) in [4.78, 5) is 11.2. The van der Waals surface area contributed by atoms with Crippen molar-refractivity contribution < 1.29 is 4.79 Å². The zero-order valence-corrected chi connectivity index (χ0v) is 13.7. The van der Waals surface area contributed by atoms with E-state index in [9.17, 15) is 10.1 Å². The lowest BCUT2D eigenvalue weighted by Gasteiger charge is -2.15. The molecule has 0 saturated carbocycles. The molecule has 1 amide bonds. The lowest BCUT2D eigenvalue weighted by Crippen LogP contribution is -2.08. The quantitative estimate of drug-likeness (QED) is 0.867. The van der Waals surface area contributed by atoms with Gasteiger partial charge in [-0.05, 0) is 41.8 Å². The molecule has 0 radical (unpaired) electrons. The second-order valence-corrected chi connectivity index (χ2v) is 5.83. The Labute approximate surface area is 139 Å². The number of aryl methyl sites for hydroxylation is 1. The molecule has 0 spiro atoms. The number of rotatable bonds is 3. The van der Waals surface area contributed by atoms with Crippen LogP contribution in [0.3, 0.4) is 0 Å². The molecule has 0 bridgehead atoms. The summed E-state index contributed by atoms with van der Waals surface area (Å²) < 4.78 is 0. The summed E-state index contributed by atoms with van der Waals surface area (Å²) in [6.45, 7) is 3.30. The minimum atomic E-state index is -0.491. The third kappa shape index (κ3) is 3.59. The number of nitrogens with zero attached hydrogens (tertiary/aromatic N) is 1. The molecule has 2 aromatic carbocycles. The predicted octanol–water partition coefficient (Wildman–Crippen LogP) is 4.92. The molecule has 0 aliphatic rings. The molecular weight excluding hydrogens is 319 g/mol. The van der Waals surface area contributed by atoms with Crippen LogP contribution in [0.2, 0.25) is 10.0 Å². The van der Waals surface area contributed by atoms with Crippen LogP contribution in [-0.4, -0.2) is 5.91 Å². The summed E-state index contributed by atoms with van der Waals surface area (Å²) in [5, 5.41) is 13.3. The first-order valence-electron chi connectivity index (χ1n) is 6.65. The van der Waals surface area contributed by atoms with Gasteiger partial charge in [0.1, 0.15) is 0 Å². The van der Waals surface area contributed by atoms with Crippen LogP contribution < -0.4 is 5.32 Å². The molecule has 1 unspecified atom stereocenters. The van der Waals surface area contributed by atoms with Gasteiger partial charge in [0, 0.05) is 22.7 Å². The zero-order chi connectivity index (χ0) is 16.3. The molecular formula is C17H14Cl2N2O. The number of anilines is 1. The van der Waals surface area contributed by atoms with Crippen molar-refractivity contribution in [3.63, 3.8) is 0 Å². The molecule has 1 N–H and O–H groups in total. The molecule has 2 rings (SSSR count). The Kier molecular flexibility index (Phi) is 5.07. The van der Waals surface area contributed by atoms with Gasteiger partial charge in [0.2, 0.25) is 5.91 Å². The van der Waals surface area contributed by atoms with Gasteiger partial charge >= 0.3 is 0 Å². The van der Waals surface area contributed by atoms with Gasteiger partial charge in [0.25, 0.3) is 0 Å². The topological polar surface area (TPSA) is 52.9 Å². The fourth-order valence-electron chi connectivity index (χ4n) is 2.23. The highest BCUT2D eigenvalue weighted by atomic mass is 35.5. The van der Waals surface area contributed by atoms with E-state index in [0.29, 0.717) is 21.3 Å². The van der Waals surface area contributed by atoms with Crippen LogP contribution in [0.5, 0.6) is 0 Å². The fourth-order valence-corrected chi connectivity index (χ4v) is 2.63. The van der Waals surface area contributed by atoms with Crippen LogP contribution in [0, 0.1) is 18.3 Å². The standard InChI is InChI=1S/C17H14Cl2N2O/c1-10-7-14(16(19)8-17(10)21-11(2)22)15(9-20)12-3-5-13(18)6-4-12/h3-8,15H,1-2H3,(H,21,22). The summed E-state index contributed by atoms with van der Waals surface area (Å²) in [6.07, 6.45) is 0. The van der Waals surface area contributed by atoms with Crippen molar-refractivity contribution in [2.24, 2.45) is 0 Å². The van der Waals surface area contributed by atoms with Gasteiger partial charge in [-0.25, -0.2) is 0 Å². The van der Waals surface area contributed by atoms with Gasteiger partial charge in [-0.2, -0.15) is 5.26 Å². The maximum atomic E-state index is 11.2. The van der Waals surface area contributed by atoms with Gasteiger partial charge in [0.15, 0.2) is 0 Å². The highest BCUT2D eigenvalue weighted by Crippen LogP contribution is 2.34. The first kappa shape index (κ1) is 16.4. The molecule has 0 aliphatic heterocycles. The second-order valence-electron chi connectivity index (χ2n) is 4.98. The first-order chi connectivity index (χ1) is 10.4. The van der Waals surface area contributed by atoms with Crippen molar-refractivity contribution in [3.05, 3.63) is 63.1 Å². The maximum absolute atomic E-state index is 11.2. The van der Waals surface area contributed by atoms with E-state index in [4.69, 9.17) is 23.2 Å². The van der Waals surface area contributed by atoms with Crippen LogP contribution >= 0.6 is 23.2 Å². The number of amides is 1. The minimum Gasteiger partial charge on any atom is -0.326 e. The summed E-state index contributed by atoms with van der Waals surface area (Å²) in [5.41, 5.74) is 3.02. The molecule has 0 aromatic heterocycles. The van der Waals surface area contributed by atoms with E-state index in [1.54, 1.807) is 18.2 Å². The third-order valence-electron chi connectivity index (χ3n) is 3.30. The highest BCUT2D eigenvalue weighted by molar-refractivity contribution is 6.32. The number of benzene rings is 2. The third-order valence-corrected chi connectivity index (χ3v) is 3.88. The Morgan fingerprint density at radius 1 is 1.23 bits per heavy atom. The van der Waals surface area contributed by atoms with E-state index in [-0.39, 0.29) is 5.91 Å². The molecule has 3 nitrogen and oxygen atoms in total. The average molecular weight is 333 g/mol. The molecule has 0 heterocycles. The van der Waals surface area contributed by atoms with E-state index < -0.39 is 5.92 Å². The molecule has 1 atom stereocenters. The maximum Gasteiger partial charge on any atom is 0.221 e. The van der Waals surface area contributed by atoms with Crippen LogP contribution in [0.4, 0.5) is 5.69 Å². The van der Waals surface area contributed by atoms with Gasteiger partial charge in [-0.3, -0.25) is 4.79 Å². The first-order valence-corrected chi connectivity index (χ1v) is 7.40. The summed E-state index contributed by atoms with van der Waals surface area (Å²) in [7, 11) is 0. The van der Waals surface area contributed by atoms with Crippen molar-refractivity contribution in [2.75, 3.05) is 5.32 Å². The molecule has 0 saturated heterocycles. The Bertz CT molecular complexity index is 748. The largest absolute Gasteiger partial charge is 0.326 e. The fraction of sp³-hybridized carbons (Fsp3) is 0.176. The van der Waals surface area contributed by atoms with Crippen LogP contribution in [0.1, 0.15) is 29.5 Å². The van der Waals surface area contributed by atoms with Crippen molar-refractivity contribution in [2.45, 2.75) is 19.8 Å². The summed E-state index contributed by atoms with van der Waals surface area (Å²) in [5.74, 6) is -0.656. The van der Waals surface area contributed by atoms with E-state index in [1.165, 1.54) is 6.92 Å². The Hall–Kier alpha value is -2.02. The molecule has 0 fully saturated rings. The summed E-state index contributed by atoms with van der Waals surface area (Å²) in [6, 6.07) is 12.9. The normalized spacial score (nSPS) is 11.6. The lowest BCUT2D eigenvalue weighted by molar-refractivity contribution is -0.114. The van der Waals surface area contributed by atoms with E-state index >= 15 is 0 Å². The number of carbonyl (C=O) groups is 1. The van der Waals surface area contributed by atoms with Gasteiger partial charge < -0.3 is 5.32 Å². The van der Waals surface area contributed by atoms with E-state index in [2.05, 4.69) is 11.4 Å². The minimum absolute atomic E-state index is 0.165. The number of nitrogens with one attached hydrogen (secondary N) is 1. The number of hydrogen-bond donors (Lipinski definition) is 1. The van der Waals surface area contributed by atoms with E-state index in [0.717, 1.165) is 11.1 Å². The Morgan fingerprint density at radius 3 is 2.41 bits per heavy atom. The van der Waals surface area contributed by atoms with Gasteiger partial charge in [-0.1, -0.05) is 41.4 Å². The van der Waals surface area contributed by atoms with Crippen LogP contribution in [0.15, 0.2) is 36.4 Å². The lowest BCUT2D eigenvalue weighted by atomic mass is 9.91. The number of halogens is 2. The second kappa shape index (κ2) is 6.83. The van der Waals surface area contributed by atoms with Crippen molar-refractivity contribution >= 4 is 34.8 Å². The molecule has 112 valence electrons. The number of carbonyl (C=O) groups excluding carboxylic acids is 1. The average Bonchev–Trinajstić information content (AvgIpc) is 2.46. The van der Waals surface area contributed by atoms with Crippen molar-refractivity contribution in [1.29, 1.82) is 5.26 Å². The number of hydrogen-bond acceptors (Lipinski definition) is 2. The van der Waals surface area contributed by atoms with Crippen molar-refractivity contribution in [3.8, 4) is 6.07 Å². The zero-order valence-electron chi connectivity index (χ0n) is 12.2. The molecule has 22 heavy (non-hydrogen) atoms. The number of nitriles is 1. The Balaban J connectivity index is 2.46. The Morgan fingerprint density at radius 2 is 1.86 bits per heavy atom. The smallest absolute Gasteiger partial charge is 0.221 e. The van der Waals surface area contributed by atoms with Crippen molar-refractivity contribution in [1.82, 2.24) is 0 Å². The monoisotopic (exact) mass is 332 g/mol. The highest BCUT2D eigenvalue weighted by Gasteiger charge is 2.18. The van der Waals surface area contributed by atoms with E-state index in [1.807, 2.05) is 25.1 Å². The summed E-state index contributed by atoms with van der Waals surface area (Å²) >= 11 is 12.2. The van der Waals surface area contributed by atoms with Crippen LogP contribution in [-0.2, 0) is 4.79 Å². The van der Waals surface area contributed by atoms with Crippen LogP contribution in [0.25, 0.3) is 0 Å².